The third kappa shape index (κ3) is 3.38. The quantitative estimate of drug-likeness (QED) is 0.893. The van der Waals surface area contributed by atoms with Crippen molar-refractivity contribution in [1.29, 1.82) is 0 Å². The first-order valence-corrected chi connectivity index (χ1v) is 6.12. The summed E-state index contributed by atoms with van der Waals surface area (Å²) in [5, 5.41) is 0. The molecule has 16 heavy (non-hydrogen) atoms. The number of thioether (sulfide) groups is 1. The SMILES string of the molecule is CSCCC(N)c1cnccc1C(F)(F)F. The zero-order valence-corrected chi connectivity index (χ0v) is 9.61. The molecule has 0 fully saturated rings. The summed E-state index contributed by atoms with van der Waals surface area (Å²) in [7, 11) is 0. The maximum atomic E-state index is 12.6. The Morgan fingerprint density at radius 2 is 2.19 bits per heavy atom. The summed E-state index contributed by atoms with van der Waals surface area (Å²) < 4.78 is 37.9. The van der Waals surface area contributed by atoms with Gasteiger partial charge in [0.2, 0.25) is 0 Å². The Kier molecular flexibility index (Phi) is 4.61. The van der Waals surface area contributed by atoms with E-state index in [1.807, 2.05) is 6.26 Å². The van der Waals surface area contributed by atoms with E-state index in [0.29, 0.717) is 6.42 Å². The van der Waals surface area contributed by atoms with Gasteiger partial charge in [-0.25, -0.2) is 0 Å². The largest absolute Gasteiger partial charge is 0.416 e. The highest BCUT2D eigenvalue weighted by Crippen LogP contribution is 2.34. The minimum atomic E-state index is -4.37. The molecule has 0 aliphatic rings. The first-order valence-electron chi connectivity index (χ1n) is 4.72. The van der Waals surface area contributed by atoms with Crippen LogP contribution in [0, 0.1) is 0 Å². The number of rotatable bonds is 4. The summed E-state index contributed by atoms with van der Waals surface area (Å²) in [6, 6.07) is 0.353. The Labute approximate surface area is 96.4 Å². The Hall–Kier alpha value is -0.750. The molecule has 0 aliphatic carbocycles. The number of alkyl halides is 3. The summed E-state index contributed by atoms with van der Waals surface area (Å²) in [5.74, 6) is 0.730. The van der Waals surface area contributed by atoms with Crippen LogP contribution in [0.2, 0.25) is 0 Å². The van der Waals surface area contributed by atoms with Gasteiger partial charge in [-0.1, -0.05) is 0 Å². The number of nitrogens with zero attached hydrogens (tertiary/aromatic N) is 1. The smallest absolute Gasteiger partial charge is 0.324 e. The molecule has 6 heteroatoms. The van der Waals surface area contributed by atoms with E-state index >= 15 is 0 Å². The number of nitrogens with two attached hydrogens (primary N) is 1. The lowest BCUT2D eigenvalue weighted by Crippen LogP contribution is -2.18. The fourth-order valence-electron chi connectivity index (χ4n) is 1.36. The van der Waals surface area contributed by atoms with Gasteiger partial charge in [-0.3, -0.25) is 4.98 Å². The zero-order valence-electron chi connectivity index (χ0n) is 8.79. The van der Waals surface area contributed by atoms with E-state index in [1.165, 1.54) is 6.20 Å². The molecule has 0 radical (unpaired) electrons. The Morgan fingerprint density at radius 3 is 2.75 bits per heavy atom. The molecule has 2 N–H and O–H groups in total. The van der Waals surface area contributed by atoms with Crippen molar-refractivity contribution in [3.05, 3.63) is 29.6 Å². The molecule has 1 aromatic heterocycles. The topological polar surface area (TPSA) is 38.9 Å². The third-order valence-corrected chi connectivity index (χ3v) is 2.83. The molecule has 0 aliphatic heterocycles. The van der Waals surface area contributed by atoms with Gasteiger partial charge in [0.15, 0.2) is 0 Å². The van der Waals surface area contributed by atoms with Crippen molar-refractivity contribution < 1.29 is 13.2 Å². The second kappa shape index (κ2) is 5.54. The van der Waals surface area contributed by atoms with Gasteiger partial charge in [0.1, 0.15) is 0 Å². The third-order valence-electron chi connectivity index (χ3n) is 2.19. The molecule has 0 saturated heterocycles. The van der Waals surface area contributed by atoms with Crippen LogP contribution in [0.3, 0.4) is 0 Å². The summed E-state index contributed by atoms with van der Waals surface area (Å²) in [4.78, 5) is 3.70. The van der Waals surface area contributed by atoms with Gasteiger partial charge < -0.3 is 5.73 Å². The second-order valence-electron chi connectivity index (χ2n) is 3.35. The van der Waals surface area contributed by atoms with Gasteiger partial charge >= 0.3 is 6.18 Å². The molecule has 0 spiro atoms. The van der Waals surface area contributed by atoms with E-state index < -0.39 is 17.8 Å². The fourth-order valence-corrected chi connectivity index (χ4v) is 1.85. The van der Waals surface area contributed by atoms with Gasteiger partial charge in [-0.15, -0.1) is 0 Å². The van der Waals surface area contributed by atoms with Crippen LogP contribution in [0.25, 0.3) is 0 Å². The second-order valence-corrected chi connectivity index (χ2v) is 4.33. The molecule has 90 valence electrons. The van der Waals surface area contributed by atoms with Gasteiger partial charge in [-0.2, -0.15) is 24.9 Å². The molecule has 0 aromatic carbocycles. The lowest BCUT2D eigenvalue weighted by atomic mass is 10.0. The van der Waals surface area contributed by atoms with Crippen molar-refractivity contribution in [1.82, 2.24) is 4.98 Å². The molecule has 2 nitrogen and oxygen atoms in total. The summed E-state index contributed by atoms with van der Waals surface area (Å²) in [6.45, 7) is 0. The van der Waals surface area contributed by atoms with Crippen LogP contribution >= 0.6 is 11.8 Å². The molecule has 0 amide bonds. The Morgan fingerprint density at radius 1 is 1.50 bits per heavy atom. The van der Waals surface area contributed by atoms with Crippen molar-refractivity contribution >= 4 is 11.8 Å². The number of hydrogen-bond acceptors (Lipinski definition) is 3. The molecule has 1 unspecified atom stereocenters. The molecule has 1 heterocycles. The molecular weight excluding hydrogens is 237 g/mol. The van der Waals surface area contributed by atoms with Crippen LogP contribution in [-0.4, -0.2) is 17.0 Å². The standard InChI is InChI=1S/C10H13F3N2S/c1-16-5-3-9(14)7-6-15-4-2-8(7)10(11,12)13/h2,4,6,9H,3,5,14H2,1H3. The number of hydrogen-bond donors (Lipinski definition) is 1. The van der Waals surface area contributed by atoms with Crippen LogP contribution < -0.4 is 5.73 Å². The van der Waals surface area contributed by atoms with Crippen LogP contribution in [0.1, 0.15) is 23.6 Å². The van der Waals surface area contributed by atoms with Crippen molar-refractivity contribution in [2.75, 3.05) is 12.0 Å². The van der Waals surface area contributed by atoms with Gasteiger partial charge in [0.05, 0.1) is 5.56 Å². The van der Waals surface area contributed by atoms with Gasteiger partial charge in [0, 0.05) is 18.4 Å². The number of aromatic nitrogens is 1. The average molecular weight is 250 g/mol. The highest BCUT2D eigenvalue weighted by Gasteiger charge is 2.34. The first-order chi connectivity index (χ1) is 7.46. The van der Waals surface area contributed by atoms with Crippen molar-refractivity contribution in [3.63, 3.8) is 0 Å². The van der Waals surface area contributed by atoms with Crippen LogP contribution in [-0.2, 0) is 6.18 Å². The van der Waals surface area contributed by atoms with E-state index in [0.717, 1.165) is 18.0 Å². The number of pyridine rings is 1. The van der Waals surface area contributed by atoms with E-state index in [2.05, 4.69) is 4.98 Å². The predicted molar refractivity (Wildman–Crippen MR) is 59.2 cm³/mol. The van der Waals surface area contributed by atoms with Crippen molar-refractivity contribution in [3.8, 4) is 0 Å². The Balaban J connectivity index is 2.94. The van der Waals surface area contributed by atoms with Gasteiger partial charge in [-0.05, 0) is 30.1 Å². The number of halogens is 3. The van der Waals surface area contributed by atoms with E-state index in [-0.39, 0.29) is 5.56 Å². The van der Waals surface area contributed by atoms with Crippen molar-refractivity contribution in [2.45, 2.75) is 18.6 Å². The minimum Gasteiger partial charge on any atom is -0.324 e. The summed E-state index contributed by atoms with van der Waals surface area (Å²) >= 11 is 1.56. The van der Waals surface area contributed by atoms with E-state index in [4.69, 9.17) is 5.73 Å². The predicted octanol–water partition coefficient (Wildman–Crippen LogP) is 2.85. The maximum Gasteiger partial charge on any atom is 0.416 e. The van der Waals surface area contributed by atoms with Crippen LogP contribution in [0.15, 0.2) is 18.5 Å². The fraction of sp³-hybridized carbons (Fsp3) is 0.500. The molecule has 0 bridgehead atoms. The van der Waals surface area contributed by atoms with Crippen LogP contribution in [0.5, 0.6) is 0 Å². The summed E-state index contributed by atoms with van der Waals surface area (Å²) in [6.07, 6.45) is 0.368. The van der Waals surface area contributed by atoms with E-state index in [9.17, 15) is 13.2 Å². The lowest BCUT2D eigenvalue weighted by molar-refractivity contribution is -0.138. The molecule has 0 saturated carbocycles. The molecule has 1 rings (SSSR count). The monoisotopic (exact) mass is 250 g/mol. The molecular formula is C10H13F3N2S. The highest BCUT2D eigenvalue weighted by atomic mass is 32.2. The van der Waals surface area contributed by atoms with Gasteiger partial charge in [0.25, 0.3) is 0 Å². The average Bonchev–Trinajstić information content (AvgIpc) is 2.24. The lowest BCUT2D eigenvalue weighted by Gasteiger charge is -2.17. The van der Waals surface area contributed by atoms with E-state index in [1.54, 1.807) is 11.8 Å². The first kappa shape index (κ1) is 13.3. The summed E-state index contributed by atoms with van der Waals surface area (Å²) in [5.41, 5.74) is 5.11. The van der Waals surface area contributed by atoms with Crippen molar-refractivity contribution in [2.24, 2.45) is 5.73 Å². The molecule has 1 aromatic rings. The minimum absolute atomic E-state index is 0.0732. The van der Waals surface area contributed by atoms with Crippen LogP contribution in [0.4, 0.5) is 13.2 Å². The Bertz CT molecular complexity index is 341. The maximum absolute atomic E-state index is 12.6. The normalized spacial score (nSPS) is 13.8. The highest BCUT2D eigenvalue weighted by molar-refractivity contribution is 7.98. The molecule has 1 atom stereocenters. The zero-order chi connectivity index (χ0) is 12.2.